The molecule has 1 aliphatic heterocycles. The maximum absolute atomic E-state index is 11.5. The number of aromatic nitrogens is 2. The Kier molecular flexibility index (Phi) is 4.14. The summed E-state index contributed by atoms with van der Waals surface area (Å²) in [5.74, 6) is 0.808. The van der Waals surface area contributed by atoms with Crippen LogP contribution in [-0.2, 0) is 11.3 Å². The Morgan fingerprint density at radius 1 is 1.39 bits per heavy atom. The van der Waals surface area contributed by atoms with E-state index in [2.05, 4.69) is 20.8 Å². The molecule has 1 aromatic heterocycles. The highest BCUT2D eigenvalue weighted by atomic mass is 16.4. The lowest BCUT2D eigenvalue weighted by Gasteiger charge is -2.29. The van der Waals surface area contributed by atoms with E-state index in [0.717, 1.165) is 25.9 Å². The molecule has 1 fully saturated rings. The van der Waals surface area contributed by atoms with Crippen LogP contribution in [0.15, 0.2) is 4.42 Å². The SMILES string of the molecule is CNCc1nnc(N2CCC(C(=O)NC)CC2)o1. The van der Waals surface area contributed by atoms with Crippen molar-refractivity contribution in [1.82, 2.24) is 20.8 Å². The van der Waals surface area contributed by atoms with Crippen molar-refractivity contribution in [3.63, 3.8) is 0 Å². The Bertz CT molecular complexity index is 398. The Hall–Kier alpha value is -1.63. The van der Waals surface area contributed by atoms with Gasteiger partial charge in [-0.3, -0.25) is 4.79 Å². The zero-order valence-electron chi connectivity index (χ0n) is 10.8. The van der Waals surface area contributed by atoms with Gasteiger partial charge >= 0.3 is 6.01 Å². The predicted octanol–water partition coefficient (Wildman–Crippen LogP) is -0.249. The number of piperidine rings is 1. The lowest BCUT2D eigenvalue weighted by atomic mass is 9.96. The first-order valence-electron chi connectivity index (χ1n) is 6.18. The van der Waals surface area contributed by atoms with Crippen LogP contribution in [0.5, 0.6) is 0 Å². The highest BCUT2D eigenvalue weighted by Gasteiger charge is 2.26. The number of carbonyl (C=O) groups is 1. The molecule has 0 aromatic carbocycles. The van der Waals surface area contributed by atoms with Crippen LogP contribution in [0.25, 0.3) is 0 Å². The van der Waals surface area contributed by atoms with Crippen molar-refractivity contribution in [2.24, 2.45) is 5.92 Å². The number of anilines is 1. The highest BCUT2D eigenvalue weighted by molar-refractivity contribution is 5.78. The van der Waals surface area contributed by atoms with Crippen molar-refractivity contribution in [2.45, 2.75) is 19.4 Å². The summed E-state index contributed by atoms with van der Waals surface area (Å²) in [4.78, 5) is 13.5. The predicted molar refractivity (Wildman–Crippen MR) is 66.1 cm³/mol. The molecule has 2 N–H and O–H groups in total. The van der Waals surface area contributed by atoms with E-state index in [4.69, 9.17) is 4.42 Å². The molecule has 0 aliphatic carbocycles. The normalized spacial score (nSPS) is 16.9. The van der Waals surface area contributed by atoms with E-state index in [9.17, 15) is 4.79 Å². The van der Waals surface area contributed by atoms with Crippen LogP contribution < -0.4 is 15.5 Å². The minimum atomic E-state index is 0.103. The number of amides is 1. The molecule has 100 valence electrons. The van der Waals surface area contributed by atoms with Crippen molar-refractivity contribution < 1.29 is 9.21 Å². The quantitative estimate of drug-likeness (QED) is 0.770. The van der Waals surface area contributed by atoms with Crippen LogP contribution in [0, 0.1) is 5.92 Å². The zero-order chi connectivity index (χ0) is 13.0. The third-order valence-corrected chi connectivity index (χ3v) is 3.17. The first kappa shape index (κ1) is 12.8. The Balaban J connectivity index is 1.90. The second-order valence-electron chi connectivity index (χ2n) is 4.38. The number of rotatable bonds is 4. The van der Waals surface area contributed by atoms with Gasteiger partial charge in [0.1, 0.15) is 0 Å². The second-order valence-corrected chi connectivity index (χ2v) is 4.38. The van der Waals surface area contributed by atoms with Gasteiger partial charge in [-0.05, 0) is 19.9 Å². The van der Waals surface area contributed by atoms with Crippen molar-refractivity contribution in [3.8, 4) is 0 Å². The van der Waals surface area contributed by atoms with Gasteiger partial charge in [0.15, 0.2) is 0 Å². The van der Waals surface area contributed by atoms with Gasteiger partial charge in [0, 0.05) is 26.1 Å². The Labute approximate surface area is 106 Å². The molecule has 0 spiro atoms. The number of nitrogens with one attached hydrogen (secondary N) is 2. The van der Waals surface area contributed by atoms with E-state index >= 15 is 0 Å². The fraction of sp³-hybridized carbons (Fsp3) is 0.727. The van der Waals surface area contributed by atoms with Crippen molar-refractivity contribution in [3.05, 3.63) is 5.89 Å². The summed E-state index contributed by atoms with van der Waals surface area (Å²) < 4.78 is 5.53. The van der Waals surface area contributed by atoms with Crippen molar-refractivity contribution >= 4 is 11.9 Å². The van der Waals surface area contributed by atoms with Gasteiger partial charge in [-0.15, -0.1) is 5.10 Å². The van der Waals surface area contributed by atoms with E-state index in [1.165, 1.54) is 0 Å². The third-order valence-electron chi connectivity index (χ3n) is 3.17. The topological polar surface area (TPSA) is 83.3 Å². The van der Waals surface area contributed by atoms with Crippen LogP contribution in [0.2, 0.25) is 0 Å². The van der Waals surface area contributed by atoms with E-state index in [0.29, 0.717) is 18.5 Å². The average Bonchev–Trinajstić information content (AvgIpc) is 2.87. The van der Waals surface area contributed by atoms with Crippen LogP contribution in [0.4, 0.5) is 6.01 Å². The average molecular weight is 253 g/mol. The van der Waals surface area contributed by atoms with Crippen LogP contribution in [0.3, 0.4) is 0 Å². The van der Waals surface area contributed by atoms with Crippen LogP contribution in [0.1, 0.15) is 18.7 Å². The molecular formula is C11H19N5O2. The Morgan fingerprint density at radius 2 is 2.11 bits per heavy atom. The number of carbonyl (C=O) groups excluding carboxylic acids is 1. The fourth-order valence-electron chi connectivity index (χ4n) is 2.13. The molecule has 18 heavy (non-hydrogen) atoms. The van der Waals surface area contributed by atoms with Gasteiger partial charge in [-0.2, -0.15) is 0 Å². The smallest absolute Gasteiger partial charge is 0.318 e. The number of hydrogen-bond acceptors (Lipinski definition) is 6. The first-order valence-corrected chi connectivity index (χ1v) is 6.18. The molecule has 0 saturated carbocycles. The summed E-state index contributed by atoms with van der Waals surface area (Å²) in [7, 11) is 3.51. The lowest BCUT2D eigenvalue weighted by Crippen LogP contribution is -2.39. The van der Waals surface area contributed by atoms with Crippen LogP contribution >= 0.6 is 0 Å². The summed E-state index contributed by atoms with van der Waals surface area (Å²) in [5, 5.41) is 13.6. The van der Waals surface area contributed by atoms with Gasteiger partial charge in [-0.25, -0.2) is 0 Å². The zero-order valence-corrected chi connectivity index (χ0v) is 10.8. The summed E-state index contributed by atoms with van der Waals surface area (Å²) in [6.07, 6.45) is 1.65. The molecule has 2 heterocycles. The van der Waals surface area contributed by atoms with Gasteiger partial charge in [0.25, 0.3) is 0 Å². The summed E-state index contributed by atoms with van der Waals surface area (Å²) in [6.45, 7) is 2.13. The van der Waals surface area contributed by atoms with Crippen molar-refractivity contribution in [2.75, 3.05) is 32.1 Å². The molecule has 7 heteroatoms. The first-order chi connectivity index (χ1) is 8.74. The minimum absolute atomic E-state index is 0.103. The molecule has 0 atom stereocenters. The molecule has 0 radical (unpaired) electrons. The third kappa shape index (κ3) is 2.79. The van der Waals surface area contributed by atoms with E-state index in [1.54, 1.807) is 7.05 Å². The minimum Gasteiger partial charge on any atom is -0.407 e. The molecule has 0 bridgehead atoms. The van der Waals surface area contributed by atoms with Crippen molar-refractivity contribution in [1.29, 1.82) is 0 Å². The molecule has 1 amide bonds. The van der Waals surface area contributed by atoms with Gasteiger partial charge < -0.3 is 20.0 Å². The number of hydrogen-bond donors (Lipinski definition) is 2. The largest absolute Gasteiger partial charge is 0.407 e. The highest BCUT2D eigenvalue weighted by Crippen LogP contribution is 2.22. The van der Waals surface area contributed by atoms with Gasteiger partial charge in [-0.1, -0.05) is 5.10 Å². The van der Waals surface area contributed by atoms with Gasteiger partial charge in [0.05, 0.1) is 6.54 Å². The molecule has 1 aliphatic rings. The monoisotopic (exact) mass is 253 g/mol. The summed E-state index contributed by atoms with van der Waals surface area (Å²) in [5.41, 5.74) is 0. The molecular weight excluding hydrogens is 234 g/mol. The van der Waals surface area contributed by atoms with E-state index in [1.807, 2.05) is 11.9 Å². The lowest BCUT2D eigenvalue weighted by molar-refractivity contribution is -0.125. The molecule has 0 unspecified atom stereocenters. The molecule has 1 aromatic rings. The van der Waals surface area contributed by atoms with Crippen LogP contribution in [-0.4, -0.2) is 43.3 Å². The Morgan fingerprint density at radius 3 is 2.72 bits per heavy atom. The maximum atomic E-state index is 11.5. The second kappa shape index (κ2) is 5.81. The summed E-state index contributed by atoms with van der Waals surface area (Å²) >= 11 is 0. The molecule has 7 nitrogen and oxygen atoms in total. The molecule has 2 rings (SSSR count). The number of nitrogens with zero attached hydrogens (tertiary/aromatic N) is 3. The standard InChI is InChI=1S/C11H19N5O2/c1-12-7-9-14-15-11(18-9)16-5-3-8(4-6-16)10(17)13-2/h8,12H,3-7H2,1-2H3,(H,13,17). The maximum Gasteiger partial charge on any atom is 0.318 e. The fourth-order valence-corrected chi connectivity index (χ4v) is 2.13. The van der Waals surface area contributed by atoms with E-state index < -0.39 is 0 Å². The molecule has 1 saturated heterocycles. The summed E-state index contributed by atoms with van der Waals surface area (Å²) in [6, 6.07) is 0.551. The van der Waals surface area contributed by atoms with E-state index in [-0.39, 0.29) is 11.8 Å². The van der Waals surface area contributed by atoms with Gasteiger partial charge in [0.2, 0.25) is 11.8 Å².